The summed E-state index contributed by atoms with van der Waals surface area (Å²) in [4.78, 5) is 35.1. The van der Waals surface area contributed by atoms with Crippen molar-refractivity contribution in [2.45, 2.75) is 70.3 Å². The van der Waals surface area contributed by atoms with Crippen molar-refractivity contribution in [3.63, 3.8) is 0 Å². The maximum Gasteiger partial charge on any atom is 0.255 e. The quantitative estimate of drug-likeness (QED) is 0.775. The fourth-order valence-electron chi connectivity index (χ4n) is 5.09. The van der Waals surface area contributed by atoms with E-state index < -0.39 is 10.0 Å². The van der Waals surface area contributed by atoms with Gasteiger partial charge in [0, 0.05) is 44.9 Å². The fraction of sp³-hybridized carbons (Fsp3) is 0.762. The largest absolute Gasteiger partial charge is 0.342 e. The zero-order chi connectivity index (χ0) is 21.3. The van der Waals surface area contributed by atoms with Gasteiger partial charge in [0.05, 0.1) is 17.5 Å². The molecule has 8 nitrogen and oxygen atoms in total. The Morgan fingerprint density at radius 3 is 2.63 bits per heavy atom. The van der Waals surface area contributed by atoms with Crippen LogP contribution < -0.4 is 5.56 Å². The maximum atomic E-state index is 12.8. The lowest BCUT2D eigenvalue weighted by Crippen LogP contribution is -2.42. The standard InChI is InChI=1S/C21H32N4O4S/c1-30(28,29)25-11-9-18-17(14-25)21(27)23-20(22-18)16-8-5-10-24(13-16)19(26)12-15-6-3-2-4-7-15/h15-16H,2-14H2,1H3,(H,22,23,27). The molecule has 2 fully saturated rings. The topological polar surface area (TPSA) is 103 Å². The van der Waals surface area contributed by atoms with Crippen LogP contribution in [0.4, 0.5) is 0 Å². The number of carbonyl (C=O) groups is 1. The molecule has 0 radical (unpaired) electrons. The molecule has 1 saturated heterocycles. The van der Waals surface area contributed by atoms with Gasteiger partial charge in [0.25, 0.3) is 5.56 Å². The van der Waals surface area contributed by atoms with E-state index in [0.29, 0.717) is 48.9 Å². The molecule has 1 amide bonds. The number of sulfonamides is 1. The van der Waals surface area contributed by atoms with Gasteiger partial charge in [-0.1, -0.05) is 19.3 Å². The Morgan fingerprint density at radius 2 is 1.90 bits per heavy atom. The second kappa shape index (κ2) is 8.78. The van der Waals surface area contributed by atoms with Gasteiger partial charge in [-0.15, -0.1) is 0 Å². The Hall–Kier alpha value is -1.74. The molecule has 1 saturated carbocycles. The molecule has 0 spiro atoms. The van der Waals surface area contributed by atoms with E-state index in [0.717, 1.165) is 38.5 Å². The summed E-state index contributed by atoms with van der Waals surface area (Å²) in [5.41, 5.74) is 0.879. The molecule has 1 N–H and O–H groups in total. The molecule has 1 aliphatic carbocycles. The number of hydrogen-bond donors (Lipinski definition) is 1. The van der Waals surface area contributed by atoms with Gasteiger partial charge < -0.3 is 9.88 Å². The van der Waals surface area contributed by atoms with Crippen molar-refractivity contribution in [2.24, 2.45) is 5.92 Å². The first-order chi connectivity index (χ1) is 14.3. The molecule has 1 aromatic heterocycles. The molecular weight excluding hydrogens is 404 g/mol. The number of carbonyl (C=O) groups excluding carboxylic acids is 1. The number of nitrogens with zero attached hydrogens (tertiary/aromatic N) is 3. The second-order valence-electron chi connectivity index (χ2n) is 9.11. The molecule has 166 valence electrons. The minimum Gasteiger partial charge on any atom is -0.342 e. The molecule has 1 aromatic rings. The number of piperidine rings is 1. The molecule has 0 bridgehead atoms. The third-order valence-electron chi connectivity index (χ3n) is 6.87. The molecule has 9 heteroatoms. The Kier molecular flexibility index (Phi) is 6.29. The summed E-state index contributed by atoms with van der Waals surface area (Å²) < 4.78 is 25.0. The van der Waals surface area contributed by atoms with Crippen LogP contribution in [-0.2, 0) is 27.8 Å². The van der Waals surface area contributed by atoms with Crippen molar-refractivity contribution in [3.05, 3.63) is 27.4 Å². The van der Waals surface area contributed by atoms with E-state index in [1.807, 2.05) is 4.90 Å². The van der Waals surface area contributed by atoms with Crippen LogP contribution in [0.15, 0.2) is 4.79 Å². The van der Waals surface area contributed by atoms with Crippen LogP contribution in [0.25, 0.3) is 0 Å². The summed E-state index contributed by atoms with van der Waals surface area (Å²) >= 11 is 0. The monoisotopic (exact) mass is 436 g/mol. The zero-order valence-electron chi connectivity index (χ0n) is 17.7. The molecule has 1 unspecified atom stereocenters. The number of fused-ring (bicyclic) bond motifs is 1. The van der Waals surface area contributed by atoms with Crippen molar-refractivity contribution in [1.29, 1.82) is 0 Å². The first kappa shape index (κ1) is 21.5. The fourth-order valence-corrected chi connectivity index (χ4v) is 5.88. The molecule has 2 aliphatic heterocycles. The van der Waals surface area contributed by atoms with Crippen LogP contribution in [0.1, 0.15) is 74.4 Å². The molecule has 4 rings (SSSR count). The van der Waals surface area contributed by atoms with Crippen molar-refractivity contribution in [2.75, 3.05) is 25.9 Å². The number of aromatic amines is 1. The molecule has 3 aliphatic rings. The van der Waals surface area contributed by atoms with E-state index in [9.17, 15) is 18.0 Å². The number of amides is 1. The number of H-pyrrole nitrogens is 1. The van der Waals surface area contributed by atoms with Crippen molar-refractivity contribution < 1.29 is 13.2 Å². The van der Waals surface area contributed by atoms with E-state index in [1.54, 1.807) is 0 Å². The first-order valence-electron chi connectivity index (χ1n) is 11.2. The Balaban J connectivity index is 1.46. The average molecular weight is 437 g/mol. The van der Waals surface area contributed by atoms with E-state index in [2.05, 4.69) is 4.98 Å². The smallest absolute Gasteiger partial charge is 0.255 e. The average Bonchev–Trinajstić information content (AvgIpc) is 2.73. The third-order valence-corrected chi connectivity index (χ3v) is 8.12. The van der Waals surface area contributed by atoms with Gasteiger partial charge in [0.1, 0.15) is 5.82 Å². The zero-order valence-corrected chi connectivity index (χ0v) is 18.5. The second-order valence-corrected chi connectivity index (χ2v) is 11.1. The van der Waals surface area contributed by atoms with Gasteiger partial charge in [-0.05, 0) is 31.6 Å². The van der Waals surface area contributed by atoms with Crippen LogP contribution >= 0.6 is 0 Å². The number of likely N-dealkylation sites (tertiary alicyclic amines) is 1. The van der Waals surface area contributed by atoms with Gasteiger partial charge in [0.15, 0.2) is 0 Å². The lowest BCUT2D eigenvalue weighted by Gasteiger charge is -2.34. The number of aromatic nitrogens is 2. The predicted molar refractivity (Wildman–Crippen MR) is 114 cm³/mol. The Bertz CT molecular complexity index is 952. The van der Waals surface area contributed by atoms with Gasteiger partial charge in [-0.3, -0.25) is 9.59 Å². The summed E-state index contributed by atoms with van der Waals surface area (Å²) in [6.07, 6.45) is 10.1. The molecule has 1 atom stereocenters. The van der Waals surface area contributed by atoms with Crippen molar-refractivity contribution in [3.8, 4) is 0 Å². The van der Waals surface area contributed by atoms with Crippen LogP contribution in [0.3, 0.4) is 0 Å². The summed E-state index contributed by atoms with van der Waals surface area (Å²) in [6.45, 7) is 1.80. The summed E-state index contributed by atoms with van der Waals surface area (Å²) in [6, 6.07) is 0. The molecule has 30 heavy (non-hydrogen) atoms. The normalized spacial score (nSPS) is 23.9. The lowest BCUT2D eigenvalue weighted by molar-refractivity contribution is -0.133. The van der Waals surface area contributed by atoms with Gasteiger partial charge in [0.2, 0.25) is 15.9 Å². The van der Waals surface area contributed by atoms with Gasteiger partial charge in [-0.2, -0.15) is 4.31 Å². The highest BCUT2D eigenvalue weighted by Gasteiger charge is 2.31. The van der Waals surface area contributed by atoms with Crippen LogP contribution in [0.5, 0.6) is 0 Å². The van der Waals surface area contributed by atoms with Gasteiger partial charge >= 0.3 is 0 Å². The van der Waals surface area contributed by atoms with E-state index in [-0.39, 0.29) is 23.9 Å². The van der Waals surface area contributed by atoms with Crippen LogP contribution in [0.2, 0.25) is 0 Å². The minimum atomic E-state index is -3.34. The highest BCUT2D eigenvalue weighted by molar-refractivity contribution is 7.88. The predicted octanol–water partition coefficient (Wildman–Crippen LogP) is 1.76. The minimum absolute atomic E-state index is 0.0278. The van der Waals surface area contributed by atoms with E-state index in [4.69, 9.17) is 4.98 Å². The van der Waals surface area contributed by atoms with Crippen molar-refractivity contribution >= 4 is 15.9 Å². The lowest BCUT2D eigenvalue weighted by atomic mass is 9.86. The first-order valence-corrected chi connectivity index (χ1v) is 13.0. The van der Waals surface area contributed by atoms with Crippen molar-refractivity contribution in [1.82, 2.24) is 19.2 Å². The Morgan fingerprint density at radius 1 is 1.13 bits per heavy atom. The van der Waals surface area contributed by atoms with Crippen LogP contribution in [-0.4, -0.2) is 59.4 Å². The number of nitrogens with one attached hydrogen (secondary N) is 1. The maximum absolute atomic E-state index is 12.8. The summed E-state index contributed by atoms with van der Waals surface area (Å²) in [5, 5.41) is 0. The Labute approximate surface area is 178 Å². The highest BCUT2D eigenvalue weighted by atomic mass is 32.2. The van der Waals surface area contributed by atoms with E-state index in [1.165, 1.54) is 23.6 Å². The van der Waals surface area contributed by atoms with Crippen LogP contribution in [0, 0.1) is 5.92 Å². The number of rotatable bonds is 4. The van der Waals surface area contributed by atoms with E-state index >= 15 is 0 Å². The SMILES string of the molecule is CS(=O)(=O)N1CCc2nc(C3CCCN(C(=O)CC4CCCCC4)C3)[nH]c(=O)c2C1. The molecular formula is C21H32N4O4S. The molecule has 0 aromatic carbocycles. The highest BCUT2D eigenvalue weighted by Crippen LogP contribution is 2.30. The summed E-state index contributed by atoms with van der Waals surface area (Å²) in [7, 11) is -3.34. The molecule has 3 heterocycles. The summed E-state index contributed by atoms with van der Waals surface area (Å²) in [5.74, 6) is 1.42. The third kappa shape index (κ3) is 4.77. The van der Waals surface area contributed by atoms with Gasteiger partial charge in [-0.25, -0.2) is 13.4 Å². The number of hydrogen-bond acceptors (Lipinski definition) is 5.